The summed E-state index contributed by atoms with van der Waals surface area (Å²) in [4.78, 5) is 0. The fourth-order valence-corrected chi connectivity index (χ4v) is 11.6. The van der Waals surface area contributed by atoms with Crippen LogP contribution in [0.15, 0.2) is 194 Å². The molecule has 0 amide bonds. The molecule has 0 saturated heterocycles. The van der Waals surface area contributed by atoms with Crippen molar-refractivity contribution in [1.82, 2.24) is 9.13 Å². The first-order valence-corrected chi connectivity index (χ1v) is 21.4. The molecule has 13 rings (SSSR count). The van der Waals surface area contributed by atoms with E-state index in [9.17, 15) is 0 Å². The van der Waals surface area contributed by atoms with Gasteiger partial charge in [0.25, 0.3) is 0 Å². The van der Waals surface area contributed by atoms with Gasteiger partial charge in [0.05, 0.1) is 22.1 Å². The fraction of sp³-hybridized carbons (Fsp3) is 0. The van der Waals surface area contributed by atoms with Crippen LogP contribution in [0.25, 0.3) is 118 Å². The molecule has 0 fully saturated rings. The van der Waals surface area contributed by atoms with Gasteiger partial charge in [0, 0.05) is 73.3 Å². The molecular formula is C54H32N2S2. The Bertz CT molecular complexity index is 3820. The summed E-state index contributed by atoms with van der Waals surface area (Å²) in [5.74, 6) is 0. The Balaban J connectivity index is 0.941. The summed E-state index contributed by atoms with van der Waals surface area (Å²) in [6, 6.07) is 72.0. The van der Waals surface area contributed by atoms with Gasteiger partial charge in [0.1, 0.15) is 0 Å². The van der Waals surface area contributed by atoms with Gasteiger partial charge < -0.3 is 9.13 Å². The number of rotatable bonds is 4. The van der Waals surface area contributed by atoms with E-state index in [4.69, 9.17) is 0 Å². The van der Waals surface area contributed by atoms with Crippen LogP contribution in [0.1, 0.15) is 0 Å². The van der Waals surface area contributed by atoms with Gasteiger partial charge in [-0.3, -0.25) is 0 Å². The van der Waals surface area contributed by atoms with Gasteiger partial charge in [-0.2, -0.15) is 0 Å². The second-order valence-corrected chi connectivity index (χ2v) is 17.5. The zero-order valence-electron chi connectivity index (χ0n) is 31.2. The van der Waals surface area contributed by atoms with Crippen LogP contribution < -0.4 is 0 Å². The standard InChI is InChI=1S/C54H32N2S2/c1-5-16-47-39(12-1)43-29-34(20-24-49(43)55(47)37-11-9-10-33(28-37)36-22-26-53-45(31-36)41-14-3-7-18-51(41)57-53)35-21-25-50-44(30-35)40-13-2-6-17-48(40)56(50)38-23-27-54-46(32-38)42-15-4-8-19-52(42)58-54/h1-32H. The molecule has 4 heteroatoms. The number of para-hydroxylation sites is 2. The normalized spacial score (nSPS) is 12.1. The number of benzene rings is 9. The van der Waals surface area contributed by atoms with Crippen molar-refractivity contribution in [3.05, 3.63) is 194 Å². The van der Waals surface area contributed by atoms with Crippen LogP contribution in [0, 0.1) is 0 Å². The lowest BCUT2D eigenvalue weighted by Gasteiger charge is -2.11. The maximum absolute atomic E-state index is 2.44. The third-order valence-corrected chi connectivity index (χ3v) is 14.4. The fourth-order valence-electron chi connectivity index (χ4n) is 9.44. The van der Waals surface area contributed by atoms with E-state index in [0.29, 0.717) is 0 Å². The molecule has 4 aromatic heterocycles. The highest BCUT2D eigenvalue weighted by Gasteiger charge is 2.17. The third-order valence-electron chi connectivity index (χ3n) is 12.1. The van der Waals surface area contributed by atoms with Gasteiger partial charge in [-0.1, -0.05) is 103 Å². The largest absolute Gasteiger partial charge is 0.309 e. The van der Waals surface area contributed by atoms with Crippen molar-refractivity contribution in [3.63, 3.8) is 0 Å². The molecule has 0 N–H and O–H groups in total. The first-order valence-electron chi connectivity index (χ1n) is 19.7. The van der Waals surface area contributed by atoms with E-state index in [2.05, 4.69) is 203 Å². The summed E-state index contributed by atoms with van der Waals surface area (Å²) in [5.41, 5.74) is 12.1. The second-order valence-electron chi connectivity index (χ2n) is 15.3. The van der Waals surface area contributed by atoms with Crippen LogP contribution in [-0.4, -0.2) is 9.13 Å². The van der Waals surface area contributed by atoms with E-state index >= 15 is 0 Å². The minimum Gasteiger partial charge on any atom is -0.309 e. The van der Waals surface area contributed by atoms with Crippen molar-refractivity contribution in [2.75, 3.05) is 0 Å². The zero-order valence-corrected chi connectivity index (χ0v) is 32.8. The number of aromatic nitrogens is 2. The van der Waals surface area contributed by atoms with Crippen molar-refractivity contribution in [2.24, 2.45) is 0 Å². The molecule has 270 valence electrons. The maximum atomic E-state index is 2.44. The molecule has 0 aliphatic heterocycles. The summed E-state index contributed by atoms with van der Waals surface area (Å²) < 4.78 is 10.2. The Kier molecular flexibility index (Phi) is 6.79. The predicted molar refractivity (Wildman–Crippen MR) is 252 cm³/mol. The summed E-state index contributed by atoms with van der Waals surface area (Å²) in [7, 11) is 0. The van der Waals surface area contributed by atoms with Crippen LogP contribution in [0.3, 0.4) is 0 Å². The lowest BCUT2D eigenvalue weighted by Crippen LogP contribution is -1.94. The number of nitrogens with zero attached hydrogens (tertiary/aromatic N) is 2. The van der Waals surface area contributed by atoms with Crippen LogP contribution in [-0.2, 0) is 0 Å². The number of hydrogen-bond acceptors (Lipinski definition) is 2. The highest BCUT2D eigenvalue weighted by Crippen LogP contribution is 2.41. The first-order chi connectivity index (χ1) is 28.7. The lowest BCUT2D eigenvalue weighted by atomic mass is 10.0. The Morgan fingerprint density at radius 3 is 1.26 bits per heavy atom. The Labute approximate surface area is 341 Å². The van der Waals surface area contributed by atoms with Gasteiger partial charge in [-0.25, -0.2) is 0 Å². The highest BCUT2D eigenvalue weighted by molar-refractivity contribution is 7.26. The average Bonchev–Trinajstić information content (AvgIpc) is 4.03. The molecule has 0 spiro atoms. The monoisotopic (exact) mass is 772 g/mol. The molecule has 4 heterocycles. The molecule has 0 bridgehead atoms. The highest BCUT2D eigenvalue weighted by atomic mass is 32.1. The molecule has 2 nitrogen and oxygen atoms in total. The smallest absolute Gasteiger partial charge is 0.0541 e. The molecular weight excluding hydrogens is 741 g/mol. The summed E-state index contributed by atoms with van der Waals surface area (Å²) >= 11 is 3.73. The van der Waals surface area contributed by atoms with E-state index in [1.807, 2.05) is 22.7 Å². The predicted octanol–water partition coefficient (Wildman–Crippen LogP) is 16.0. The van der Waals surface area contributed by atoms with E-state index < -0.39 is 0 Å². The summed E-state index contributed by atoms with van der Waals surface area (Å²) in [5, 5.41) is 10.3. The Hall–Kier alpha value is -6.98. The molecule has 0 atom stereocenters. The van der Waals surface area contributed by atoms with Crippen molar-refractivity contribution >= 4 is 107 Å². The minimum atomic E-state index is 1.16. The van der Waals surface area contributed by atoms with E-state index in [0.717, 1.165) is 5.69 Å². The number of thiophene rings is 2. The number of fused-ring (bicyclic) bond motifs is 12. The Morgan fingerprint density at radius 2 is 0.655 bits per heavy atom. The molecule has 58 heavy (non-hydrogen) atoms. The maximum Gasteiger partial charge on any atom is 0.0541 e. The van der Waals surface area contributed by atoms with Crippen LogP contribution in [0.2, 0.25) is 0 Å². The topological polar surface area (TPSA) is 9.86 Å². The van der Waals surface area contributed by atoms with E-state index in [-0.39, 0.29) is 0 Å². The van der Waals surface area contributed by atoms with Gasteiger partial charge in [-0.15, -0.1) is 22.7 Å². The zero-order chi connectivity index (χ0) is 37.9. The molecule has 13 aromatic rings. The van der Waals surface area contributed by atoms with Gasteiger partial charge >= 0.3 is 0 Å². The van der Waals surface area contributed by atoms with Crippen molar-refractivity contribution in [3.8, 4) is 33.6 Å². The summed E-state index contributed by atoms with van der Waals surface area (Å²) in [6.45, 7) is 0. The Morgan fingerprint density at radius 1 is 0.241 bits per heavy atom. The quantitative estimate of drug-likeness (QED) is 0.169. The van der Waals surface area contributed by atoms with Crippen molar-refractivity contribution in [2.45, 2.75) is 0 Å². The molecule has 0 aliphatic carbocycles. The van der Waals surface area contributed by atoms with Gasteiger partial charge in [0.15, 0.2) is 0 Å². The minimum absolute atomic E-state index is 1.16. The molecule has 9 aromatic carbocycles. The third kappa shape index (κ3) is 4.70. The summed E-state index contributed by atoms with van der Waals surface area (Å²) in [6.07, 6.45) is 0. The van der Waals surface area contributed by atoms with Crippen LogP contribution >= 0.6 is 22.7 Å². The van der Waals surface area contributed by atoms with E-state index in [1.54, 1.807) is 0 Å². The molecule has 0 saturated carbocycles. The molecule has 0 aliphatic rings. The van der Waals surface area contributed by atoms with Crippen molar-refractivity contribution < 1.29 is 0 Å². The second kappa shape index (κ2) is 12.3. The number of hydrogen-bond donors (Lipinski definition) is 0. The first kappa shape index (κ1) is 32.1. The SMILES string of the molecule is c1cc(-c2ccc3sc4ccccc4c3c2)cc(-n2c3ccccc3c3cc(-c4ccc5c(c4)c4ccccc4n5-c4ccc5sc6ccccc6c5c4)ccc32)c1. The van der Waals surface area contributed by atoms with Crippen LogP contribution in [0.5, 0.6) is 0 Å². The van der Waals surface area contributed by atoms with Crippen LogP contribution in [0.4, 0.5) is 0 Å². The van der Waals surface area contributed by atoms with Gasteiger partial charge in [-0.05, 0) is 113 Å². The van der Waals surface area contributed by atoms with Crippen molar-refractivity contribution in [1.29, 1.82) is 0 Å². The average molecular weight is 773 g/mol. The molecule has 0 radical (unpaired) electrons. The van der Waals surface area contributed by atoms with E-state index in [1.165, 1.54) is 112 Å². The molecule has 0 unspecified atom stereocenters. The van der Waals surface area contributed by atoms with Gasteiger partial charge in [0.2, 0.25) is 0 Å². The lowest BCUT2D eigenvalue weighted by molar-refractivity contribution is 1.18.